The average Bonchev–Trinajstić information content (AvgIpc) is 3.41. The van der Waals surface area contributed by atoms with E-state index in [1.807, 2.05) is 77.1 Å². The molecule has 0 atom stereocenters. The largest absolute Gasteiger partial charge is 0.296 e. The molecule has 0 aliphatic carbocycles. The molecule has 0 saturated heterocycles. The molecule has 0 aliphatic heterocycles. The Morgan fingerprint density at radius 2 is 1.77 bits per heavy atom. The highest BCUT2D eigenvalue weighted by Crippen LogP contribution is 2.27. The van der Waals surface area contributed by atoms with Gasteiger partial charge in [0.15, 0.2) is 5.82 Å². The molecule has 0 radical (unpaired) electrons. The maximum atomic E-state index is 4.58. The number of hydrogen-bond acceptors (Lipinski definition) is 4. The zero-order chi connectivity index (χ0) is 17.5. The summed E-state index contributed by atoms with van der Waals surface area (Å²) in [6.45, 7) is 0. The number of fused-ring (bicyclic) bond motifs is 1. The maximum Gasteiger partial charge on any atom is 0.163 e. The van der Waals surface area contributed by atoms with Crippen LogP contribution >= 0.6 is 0 Å². The van der Waals surface area contributed by atoms with Crippen LogP contribution in [-0.4, -0.2) is 34.3 Å². The third-order valence-electron chi connectivity index (χ3n) is 4.39. The molecule has 0 bridgehead atoms. The standard InChI is InChI=1S/C19H15N7/c1-24-15-8-5-9-16(18(15)22-23-24)25-13-12-20-19(25)17-10-11-21-26(17)14-6-3-2-4-7-14/h2-13H,1H3. The van der Waals surface area contributed by atoms with Gasteiger partial charge in [-0.3, -0.25) is 4.57 Å². The third-order valence-corrected chi connectivity index (χ3v) is 4.39. The van der Waals surface area contributed by atoms with Crippen LogP contribution in [0.5, 0.6) is 0 Å². The number of imidazole rings is 1. The van der Waals surface area contributed by atoms with Gasteiger partial charge in [0.05, 0.1) is 23.1 Å². The van der Waals surface area contributed by atoms with E-state index < -0.39 is 0 Å². The van der Waals surface area contributed by atoms with E-state index in [-0.39, 0.29) is 0 Å². The van der Waals surface area contributed by atoms with Gasteiger partial charge in [-0.1, -0.05) is 29.5 Å². The predicted molar refractivity (Wildman–Crippen MR) is 98.2 cm³/mol. The van der Waals surface area contributed by atoms with E-state index in [0.29, 0.717) is 0 Å². The molecule has 126 valence electrons. The van der Waals surface area contributed by atoms with Crippen LogP contribution in [-0.2, 0) is 7.05 Å². The molecule has 0 spiro atoms. The molecule has 3 aromatic heterocycles. The van der Waals surface area contributed by atoms with Crippen LogP contribution in [0.3, 0.4) is 0 Å². The minimum Gasteiger partial charge on any atom is -0.296 e. The van der Waals surface area contributed by atoms with Gasteiger partial charge in [0.2, 0.25) is 0 Å². The number of rotatable bonds is 3. The summed E-state index contributed by atoms with van der Waals surface area (Å²) in [7, 11) is 1.89. The zero-order valence-electron chi connectivity index (χ0n) is 14.1. The molecule has 0 fully saturated rings. The second kappa shape index (κ2) is 5.66. The Labute approximate surface area is 149 Å². The topological polar surface area (TPSA) is 66.3 Å². The van der Waals surface area contributed by atoms with E-state index in [9.17, 15) is 0 Å². The van der Waals surface area contributed by atoms with Gasteiger partial charge >= 0.3 is 0 Å². The van der Waals surface area contributed by atoms with E-state index in [0.717, 1.165) is 33.9 Å². The first-order valence-electron chi connectivity index (χ1n) is 8.25. The summed E-state index contributed by atoms with van der Waals surface area (Å²) in [6.07, 6.45) is 5.50. The highest BCUT2D eigenvalue weighted by Gasteiger charge is 2.16. The molecular weight excluding hydrogens is 326 g/mol. The monoisotopic (exact) mass is 341 g/mol. The van der Waals surface area contributed by atoms with Crippen molar-refractivity contribution in [3.8, 4) is 22.9 Å². The zero-order valence-corrected chi connectivity index (χ0v) is 14.1. The van der Waals surface area contributed by atoms with E-state index in [1.54, 1.807) is 17.1 Å². The summed E-state index contributed by atoms with van der Waals surface area (Å²) in [6, 6.07) is 18.0. The van der Waals surface area contributed by atoms with Crippen LogP contribution in [0.2, 0.25) is 0 Å². The van der Waals surface area contributed by atoms with Crippen molar-refractivity contribution in [2.45, 2.75) is 0 Å². The SMILES string of the molecule is Cn1nnc2c(-n3ccnc3-c3ccnn3-c3ccccc3)cccc21. The number of nitrogens with zero attached hydrogens (tertiary/aromatic N) is 7. The van der Waals surface area contributed by atoms with Crippen molar-refractivity contribution < 1.29 is 0 Å². The quantitative estimate of drug-likeness (QED) is 0.506. The highest BCUT2D eigenvalue weighted by atomic mass is 15.4. The third kappa shape index (κ3) is 2.14. The smallest absolute Gasteiger partial charge is 0.163 e. The van der Waals surface area contributed by atoms with Gasteiger partial charge in [-0.25, -0.2) is 14.3 Å². The fraction of sp³-hybridized carbons (Fsp3) is 0.0526. The van der Waals surface area contributed by atoms with Crippen molar-refractivity contribution in [1.82, 2.24) is 34.3 Å². The highest BCUT2D eigenvalue weighted by molar-refractivity contribution is 5.84. The first-order chi connectivity index (χ1) is 12.8. The van der Waals surface area contributed by atoms with Gasteiger partial charge < -0.3 is 0 Å². The lowest BCUT2D eigenvalue weighted by Crippen LogP contribution is -2.04. The first-order valence-corrected chi connectivity index (χ1v) is 8.25. The summed E-state index contributed by atoms with van der Waals surface area (Å²) >= 11 is 0. The van der Waals surface area contributed by atoms with Crippen molar-refractivity contribution in [3.05, 3.63) is 73.2 Å². The Kier molecular flexibility index (Phi) is 3.18. The van der Waals surface area contributed by atoms with Gasteiger partial charge in [0.25, 0.3) is 0 Å². The summed E-state index contributed by atoms with van der Waals surface area (Å²) in [5.74, 6) is 0.796. The first kappa shape index (κ1) is 14.6. The fourth-order valence-electron chi connectivity index (χ4n) is 3.17. The van der Waals surface area contributed by atoms with Crippen LogP contribution in [0.4, 0.5) is 0 Å². The number of benzene rings is 2. The molecule has 3 heterocycles. The number of aromatic nitrogens is 7. The van der Waals surface area contributed by atoms with Gasteiger partial charge in [-0.2, -0.15) is 5.10 Å². The lowest BCUT2D eigenvalue weighted by molar-refractivity contribution is 0.736. The average molecular weight is 341 g/mol. The molecule has 0 aliphatic rings. The number of aryl methyl sites for hydroxylation is 1. The van der Waals surface area contributed by atoms with Crippen molar-refractivity contribution in [3.63, 3.8) is 0 Å². The van der Waals surface area contributed by atoms with E-state index >= 15 is 0 Å². The van der Waals surface area contributed by atoms with Crippen molar-refractivity contribution >= 4 is 11.0 Å². The van der Waals surface area contributed by atoms with Crippen molar-refractivity contribution in [2.75, 3.05) is 0 Å². The second-order valence-corrected chi connectivity index (χ2v) is 5.94. The maximum absolute atomic E-state index is 4.58. The number of hydrogen-bond donors (Lipinski definition) is 0. The van der Waals surface area contributed by atoms with Crippen LogP contribution in [0.15, 0.2) is 73.2 Å². The molecule has 7 nitrogen and oxygen atoms in total. The Morgan fingerprint density at radius 3 is 2.65 bits per heavy atom. The summed E-state index contributed by atoms with van der Waals surface area (Å²) < 4.78 is 5.67. The van der Waals surface area contributed by atoms with E-state index in [1.165, 1.54) is 0 Å². The van der Waals surface area contributed by atoms with Crippen LogP contribution in [0, 0.1) is 0 Å². The van der Waals surface area contributed by atoms with Crippen molar-refractivity contribution in [1.29, 1.82) is 0 Å². The lowest BCUT2D eigenvalue weighted by Gasteiger charge is -2.10. The molecule has 0 amide bonds. The van der Waals surface area contributed by atoms with E-state index in [2.05, 4.69) is 20.4 Å². The minimum atomic E-state index is 0.796. The molecule has 5 aromatic rings. The summed E-state index contributed by atoms with van der Waals surface area (Å²) in [5.41, 5.74) is 4.63. The second-order valence-electron chi connectivity index (χ2n) is 5.94. The molecule has 0 unspecified atom stereocenters. The molecule has 5 rings (SSSR count). The van der Waals surface area contributed by atoms with Gasteiger partial charge in [-0.05, 0) is 30.3 Å². The number of para-hydroxylation sites is 1. The summed E-state index contributed by atoms with van der Waals surface area (Å²) in [5, 5.41) is 12.9. The Hall–Kier alpha value is -3.74. The van der Waals surface area contributed by atoms with Crippen LogP contribution in [0.25, 0.3) is 33.9 Å². The minimum absolute atomic E-state index is 0.796. The summed E-state index contributed by atoms with van der Waals surface area (Å²) in [4.78, 5) is 4.58. The van der Waals surface area contributed by atoms with E-state index in [4.69, 9.17) is 0 Å². The Balaban J connectivity index is 1.71. The normalized spacial score (nSPS) is 11.3. The fourth-order valence-corrected chi connectivity index (χ4v) is 3.17. The molecule has 0 N–H and O–H groups in total. The van der Waals surface area contributed by atoms with Crippen LogP contribution in [0.1, 0.15) is 0 Å². The van der Waals surface area contributed by atoms with Gasteiger partial charge in [-0.15, -0.1) is 5.10 Å². The van der Waals surface area contributed by atoms with Crippen LogP contribution < -0.4 is 0 Å². The molecule has 2 aromatic carbocycles. The van der Waals surface area contributed by atoms with Gasteiger partial charge in [0.1, 0.15) is 11.2 Å². The molecule has 0 saturated carbocycles. The van der Waals surface area contributed by atoms with Crippen molar-refractivity contribution in [2.24, 2.45) is 7.05 Å². The predicted octanol–water partition coefficient (Wildman–Crippen LogP) is 3.01. The molecule has 26 heavy (non-hydrogen) atoms. The molecular formula is C19H15N7. The Bertz CT molecular complexity index is 1200. The Morgan fingerprint density at radius 1 is 0.885 bits per heavy atom. The van der Waals surface area contributed by atoms with Gasteiger partial charge in [0, 0.05) is 19.4 Å². The molecule has 7 heteroatoms. The lowest BCUT2D eigenvalue weighted by atomic mass is 10.2.